The summed E-state index contributed by atoms with van der Waals surface area (Å²) in [7, 11) is 0. The highest BCUT2D eigenvalue weighted by Gasteiger charge is 2.10. The number of rotatable bonds is 2. The van der Waals surface area contributed by atoms with E-state index in [4.69, 9.17) is 23.2 Å². The van der Waals surface area contributed by atoms with Crippen LogP contribution in [0.3, 0.4) is 0 Å². The molecule has 0 amide bonds. The van der Waals surface area contributed by atoms with Gasteiger partial charge in [-0.05, 0) is 35.0 Å². The van der Waals surface area contributed by atoms with Crippen LogP contribution in [-0.4, -0.2) is 9.97 Å². The van der Waals surface area contributed by atoms with Gasteiger partial charge in [-0.1, -0.05) is 23.2 Å². The van der Waals surface area contributed by atoms with Gasteiger partial charge in [0.2, 0.25) is 0 Å². The van der Waals surface area contributed by atoms with E-state index in [-0.39, 0.29) is 5.02 Å². The molecule has 0 radical (unpaired) electrons. The van der Waals surface area contributed by atoms with Gasteiger partial charge >= 0.3 is 0 Å². The Bertz CT molecular complexity index is 564. The van der Waals surface area contributed by atoms with Crippen LogP contribution in [0, 0.1) is 12.7 Å². The van der Waals surface area contributed by atoms with Gasteiger partial charge < -0.3 is 5.32 Å². The number of nitrogens with zero attached hydrogens (tertiary/aromatic N) is 2. The number of anilines is 2. The third kappa shape index (κ3) is 3.10. The summed E-state index contributed by atoms with van der Waals surface area (Å²) in [4.78, 5) is 8.10. The summed E-state index contributed by atoms with van der Waals surface area (Å²) in [6.45, 7) is 1.72. The average Bonchev–Trinajstić information content (AvgIpc) is 2.22. The van der Waals surface area contributed by atoms with E-state index in [2.05, 4.69) is 31.2 Å². The lowest BCUT2D eigenvalue weighted by atomic mass is 10.3. The lowest BCUT2D eigenvalue weighted by Gasteiger charge is -2.10. The molecule has 0 saturated heterocycles. The highest BCUT2D eigenvalue weighted by Crippen LogP contribution is 2.33. The highest BCUT2D eigenvalue weighted by atomic mass is 79.9. The molecule has 1 N–H and O–H groups in total. The molecule has 0 saturated carbocycles. The van der Waals surface area contributed by atoms with E-state index in [1.165, 1.54) is 12.1 Å². The highest BCUT2D eigenvalue weighted by molar-refractivity contribution is 9.10. The van der Waals surface area contributed by atoms with Crippen LogP contribution < -0.4 is 5.32 Å². The van der Waals surface area contributed by atoms with Gasteiger partial charge in [-0.25, -0.2) is 14.4 Å². The molecule has 0 aliphatic carbocycles. The van der Waals surface area contributed by atoms with Crippen molar-refractivity contribution in [1.29, 1.82) is 0 Å². The zero-order valence-electron chi connectivity index (χ0n) is 9.14. The Kier molecular flexibility index (Phi) is 4.04. The molecular formula is C11H7BrCl2FN3. The van der Waals surface area contributed by atoms with E-state index in [0.29, 0.717) is 27.0 Å². The predicted octanol–water partition coefficient (Wildman–Crippen LogP) is 4.74. The molecule has 0 bridgehead atoms. The Morgan fingerprint density at radius 2 is 1.94 bits per heavy atom. The molecule has 2 aromatic rings. The first-order valence-corrected chi connectivity index (χ1v) is 6.43. The molecular weight excluding hydrogens is 344 g/mol. The van der Waals surface area contributed by atoms with Crippen LogP contribution in [0.4, 0.5) is 15.9 Å². The standard InChI is InChI=1S/C11H7BrCl2FN3/c1-5-16-9(14)4-10(17-5)18-11-7(12)2-6(15)3-8(11)13/h2-4H,1H3,(H,16,17,18). The van der Waals surface area contributed by atoms with Crippen molar-refractivity contribution in [3.63, 3.8) is 0 Å². The number of benzene rings is 1. The van der Waals surface area contributed by atoms with E-state index in [9.17, 15) is 4.39 Å². The first-order valence-electron chi connectivity index (χ1n) is 4.88. The Labute approximate surface area is 121 Å². The normalized spacial score (nSPS) is 10.5. The maximum atomic E-state index is 13.1. The molecule has 0 atom stereocenters. The lowest BCUT2D eigenvalue weighted by Crippen LogP contribution is -1.99. The topological polar surface area (TPSA) is 37.8 Å². The van der Waals surface area contributed by atoms with Crippen LogP contribution in [0.5, 0.6) is 0 Å². The first kappa shape index (κ1) is 13.5. The van der Waals surface area contributed by atoms with E-state index in [1.54, 1.807) is 13.0 Å². The first-order chi connectivity index (χ1) is 8.45. The average molecular weight is 351 g/mol. The SMILES string of the molecule is Cc1nc(Cl)cc(Nc2c(Cl)cc(F)cc2Br)n1. The molecule has 94 valence electrons. The van der Waals surface area contributed by atoms with Crippen molar-refractivity contribution in [3.05, 3.63) is 44.5 Å². The van der Waals surface area contributed by atoms with Gasteiger partial charge in [0.25, 0.3) is 0 Å². The van der Waals surface area contributed by atoms with Crippen molar-refractivity contribution in [3.8, 4) is 0 Å². The van der Waals surface area contributed by atoms with Gasteiger partial charge in [0.1, 0.15) is 22.6 Å². The van der Waals surface area contributed by atoms with Gasteiger partial charge in [-0.3, -0.25) is 0 Å². The number of hydrogen-bond donors (Lipinski definition) is 1. The van der Waals surface area contributed by atoms with Gasteiger partial charge in [0, 0.05) is 10.5 Å². The molecule has 2 rings (SSSR count). The molecule has 1 aromatic carbocycles. The van der Waals surface area contributed by atoms with E-state index >= 15 is 0 Å². The van der Waals surface area contributed by atoms with Crippen LogP contribution in [0.2, 0.25) is 10.2 Å². The van der Waals surface area contributed by atoms with Crippen molar-refractivity contribution in [2.75, 3.05) is 5.32 Å². The number of hydrogen-bond acceptors (Lipinski definition) is 3. The molecule has 0 unspecified atom stereocenters. The van der Waals surface area contributed by atoms with Gasteiger partial charge in [0.05, 0.1) is 10.7 Å². The van der Waals surface area contributed by atoms with Gasteiger partial charge in [-0.2, -0.15) is 0 Å². The molecule has 18 heavy (non-hydrogen) atoms. The largest absolute Gasteiger partial charge is 0.338 e. The third-order valence-electron chi connectivity index (χ3n) is 2.07. The maximum absolute atomic E-state index is 13.1. The van der Waals surface area contributed by atoms with Crippen LogP contribution in [0.15, 0.2) is 22.7 Å². The van der Waals surface area contributed by atoms with E-state index in [0.717, 1.165) is 0 Å². The zero-order valence-corrected chi connectivity index (χ0v) is 12.2. The number of halogens is 4. The summed E-state index contributed by atoms with van der Waals surface area (Å²) in [5.41, 5.74) is 0.521. The lowest BCUT2D eigenvalue weighted by molar-refractivity contribution is 0.627. The molecule has 7 heteroatoms. The molecule has 0 aliphatic rings. The molecule has 1 aromatic heterocycles. The summed E-state index contributed by atoms with van der Waals surface area (Å²) in [6, 6.07) is 4.08. The Balaban J connectivity index is 2.40. The Morgan fingerprint density at radius 1 is 1.22 bits per heavy atom. The second kappa shape index (κ2) is 5.38. The summed E-state index contributed by atoms with van der Waals surface area (Å²) in [5.74, 6) is 0.593. The van der Waals surface area contributed by atoms with Crippen molar-refractivity contribution in [2.45, 2.75) is 6.92 Å². The second-order valence-corrected chi connectivity index (χ2v) is 5.14. The quantitative estimate of drug-likeness (QED) is 0.795. The molecule has 1 heterocycles. The minimum Gasteiger partial charge on any atom is -0.338 e. The predicted molar refractivity (Wildman–Crippen MR) is 74.2 cm³/mol. The van der Waals surface area contributed by atoms with Crippen molar-refractivity contribution < 1.29 is 4.39 Å². The maximum Gasteiger partial charge on any atom is 0.135 e. The van der Waals surface area contributed by atoms with Crippen molar-refractivity contribution in [2.24, 2.45) is 0 Å². The fraction of sp³-hybridized carbons (Fsp3) is 0.0909. The fourth-order valence-corrected chi connectivity index (χ4v) is 2.51. The van der Waals surface area contributed by atoms with Crippen molar-refractivity contribution >= 4 is 50.6 Å². The van der Waals surface area contributed by atoms with Gasteiger partial charge in [-0.15, -0.1) is 0 Å². The molecule has 0 spiro atoms. The Morgan fingerprint density at radius 3 is 2.56 bits per heavy atom. The summed E-state index contributed by atoms with van der Waals surface area (Å²) in [5, 5.41) is 3.53. The fourth-order valence-electron chi connectivity index (χ4n) is 1.38. The minimum absolute atomic E-state index is 0.245. The summed E-state index contributed by atoms with van der Waals surface area (Å²) in [6.07, 6.45) is 0. The number of aromatic nitrogens is 2. The minimum atomic E-state index is -0.422. The van der Waals surface area contributed by atoms with Crippen LogP contribution in [0.25, 0.3) is 0 Å². The molecule has 0 fully saturated rings. The third-order valence-corrected chi connectivity index (χ3v) is 3.18. The van der Waals surface area contributed by atoms with Crippen LogP contribution >= 0.6 is 39.1 Å². The van der Waals surface area contributed by atoms with Gasteiger partial charge in [0.15, 0.2) is 0 Å². The monoisotopic (exact) mass is 349 g/mol. The Hall–Kier alpha value is -0.910. The van der Waals surface area contributed by atoms with E-state index < -0.39 is 5.82 Å². The number of nitrogens with one attached hydrogen (secondary N) is 1. The number of aryl methyl sites for hydroxylation is 1. The van der Waals surface area contributed by atoms with Crippen LogP contribution in [0.1, 0.15) is 5.82 Å². The molecule has 3 nitrogen and oxygen atoms in total. The van der Waals surface area contributed by atoms with Crippen molar-refractivity contribution in [1.82, 2.24) is 9.97 Å². The second-order valence-electron chi connectivity index (χ2n) is 3.49. The zero-order chi connectivity index (χ0) is 13.3. The smallest absolute Gasteiger partial charge is 0.135 e. The van der Waals surface area contributed by atoms with E-state index in [1.807, 2.05) is 0 Å². The van der Waals surface area contributed by atoms with Crippen LogP contribution in [-0.2, 0) is 0 Å². The summed E-state index contributed by atoms with van der Waals surface area (Å²) >= 11 is 15.0. The summed E-state index contributed by atoms with van der Waals surface area (Å²) < 4.78 is 13.6. The molecule has 0 aliphatic heterocycles.